The minimum atomic E-state index is -3.57. The number of nitrogens with two attached hydrogens (primary N) is 1. The molecule has 2 rings (SSSR count). The molecule has 0 atom stereocenters. The number of sulfonamides is 1. The molecule has 0 unspecified atom stereocenters. The third kappa shape index (κ3) is 3.60. The van der Waals surface area contributed by atoms with E-state index in [4.69, 9.17) is 5.73 Å². The first kappa shape index (κ1) is 13.7. The van der Waals surface area contributed by atoms with Gasteiger partial charge >= 0.3 is 0 Å². The molecule has 0 aliphatic heterocycles. The molecule has 0 bridgehead atoms. The highest BCUT2D eigenvalue weighted by Gasteiger charge is 2.14. The Kier molecular flexibility index (Phi) is 4.25. The lowest BCUT2D eigenvalue weighted by Crippen LogP contribution is -2.28. The second-order valence-electron chi connectivity index (χ2n) is 3.91. The fraction of sp³-hybridized carbons (Fsp3) is 0.273. The van der Waals surface area contributed by atoms with Crippen LogP contribution in [0.5, 0.6) is 0 Å². The van der Waals surface area contributed by atoms with Gasteiger partial charge in [-0.15, -0.1) is 0 Å². The minimum absolute atomic E-state index is 0.00432. The molecule has 0 saturated heterocycles. The van der Waals surface area contributed by atoms with Crippen LogP contribution >= 0.6 is 0 Å². The maximum Gasteiger partial charge on any atom is 0.258 e. The molecule has 0 aliphatic rings. The first-order valence-electron chi connectivity index (χ1n) is 5.72. The van der Waals surface area contributed by atoms with Crippen molar-refractivity contribution in [1.29, 1.82) is 0 Å². The van der Waals surface area contributed by atoms with Crippen LogP contribution in [0.3, 0.4) is 0 Å². The predicted molar refractivity (Wildman–Crippen MR) is 69.5 cm³/mol. The first-order chi connectivity index (χ1) is 9.12. The molecule has 0 amide bonds. The lowest BCUT2D eigenvalue weighted by atomic mass is 10.3. The summed E-state index contributed by atoms with van der Waals surface area (Å²) in [5, 5.41) is -0.00432. The zero-order chi connectivity index (χ0) is 13.7. The van der Waals surface area contributed by atoms with Crippen LogP contribution in [0.25, 0.3) is 0 Å². The van der Waals surface area contributed by atoms with Crippen molar-refractivity contribution >= 4 is 10.0 Å². The molecule has 0 fully saturated rings. The van der Waals surface area contributed by atoms with E-state index in [1.807, 2.05) is 0 Å². The van der Waals surface area contributed by atoms with Crippen LogP contribution < -0.4 is 10.5 Å². The summed E-state index contributed by atoms with van der Waals surface area (Å²) in [7, 11) is -3.57. The van der Waals surface area contributed by atoms with Gasteiger partial charge in [-0.3, -0.25) is 0 Å². The molecule has 0 aliphatic carbocycles. The van der Waals surface area contributed by atoms with Gasteiger partial charge in [-0.25, -0.2) is 23.1 Å². The molecule has 3 N–H and O–H groups in total. The van der Waals surface area contributed by atoms with Crippen molar-refractivity contribution in [3.63, 3.8) is 0 Å². The van der Waals surface area contributed by atoms with Gasteiger partial charge in [-0.1, -0.05) is 6.07 Å². The molecule has 8 heteroatoms. The van der Waals surface area contributed by atoms with Crippen LogP contribution in [-0.2, 0) is 23.1 Å². The van der Waals surface area contributed by atoms with E-state index in [2.05, 4.69) is 14.7 Å². The fourth-order valence-corrected chi connectivity index (χ4v) is 2.44. The number of hydrogen-bond donors (Lipinski definition) is 2. The maximum atomic E-state index is 11.9. The lowest BCUT2D eigenvalue weighted by molar-refractivity contribution is 0.569. The van der Waals surface area contributed by atoms with Crippen LogP contribution in [0.4, 0.5) is 0 Å². The number of nitrogens with zero attached hydrogens (tertiary/aromatic N) is 3. The number of imidazole rings is 1. The predicted octanol–water partition coefficient (Wildman–Crippen LogP) is -0.285. The zero-order valence-corrected chi connectivity index (χ0v) is 11.0. The highest BCUT2D eigenvalue weighted by atomic mass is 32.2. The largest absolute Gasteiger partial charge is 0.336 e. The molecule has 2 aromatic heterocycles. The van der Waals surface area contributed by atoms with Gasteiger partial charge in [0.25, 0.3) is 10.0 Å². The molecule has 0 saturated carbocycles. The standard InChI is InChI=1S/C11H15N5O2S/c12-7-10-1-2-11(14-8-10)19(17,18)15-4-6-16-5-3-13-9-16/h1-3,5,8-9,15H,4,6-7,12H2. The number of nitrogens with one attached hydrogen (secondary N) is 1. The highest BCUT2D eigenvalue weighted by Crippen LogP contribution is 2.05. The third-order valence-corrected chi connectivity index (χ3v) is 3.91. The van der Waals surface area contributed by atoms with E-state index in [0.717, 1.165) is 5.56 Å². The molecule has 7 nitrogen and oxygen atoms in total. The summed E-state index contributed by atoms with van der Waals surface area (Å²) < 4.78 is 28.1. The quantitative estimate of drug-likeness (QED) is 0.757. The summed E-state index contributed by atoms with van der Waals surface area (Å²) >= 11 is 0. The number of hydrogen-bond acceptors (Lipinski definition) is 5. The first-order valence-corrected chi connectivity index (χ1v) is 7.20. The highest BCUT2D eigenvalue weighted by molar-refractivity contribution is 7.89. The molecule has 0 spiro atoms. The van der Waals surface area contributed by atoms with Crippen LogP contribution in [0.1, 0.15) is 5.56 Å². The Morgan fingerprint density at radius 1 is 1.37 bits per heavy atom. The van der Waals surface area contributed by atoms with Gasteiger partial charge in [0.1, 0.15) is 0 Å². The van der Waals surface area contributed by atoms with Crippen molar-refractivity contribution in [3.05, 3.63) is 42.6 Å². The maximum absolute atomic E-state index is 11.9. The molecule has 2 aromatic rings. The Morgan fingerprint density at radius 2 is 2.21 bits per heavy atom. The van der Waals surface area contributed by atoms with E-state index >= 15 is 0 Å². The van der Waals surface area contributed by atoms with Crippen molar-refractivity contribution in [1.82, 2.24) is 19.3 Å². The molecule has 2 heterocycles. The van der Waals surface area contributed by atoms with Crippen LogP contribution in [0, 0.1) is 0 Å². The van der Waals surface area contributed by atoms with Crippen molar-refractivity contribution in [2.75, 3.05) is 6.54 Å². The second-order valence-corrected chi connectivity index (χ2v) is 5.62. The molecular weight excluding hydrogens is 266 g/mol. The lowest BCUT2D eigenvalue weighted by Gasteiger charge is -2.07. The number of rotatable bonds is 6. The van der Waals surface area contributed by atoms with E-state index in [0.29, 0.717) is 13.1 Å². The Bertz CT molecular complexity index is 607. The monoisotopic (exact) mass is 281 g/mol. The van der Waals surface area contributed by atoms with Crippen molar-refractivity contribution in [2.24, 2.45) is 5.73 Å². The number of aromatic nitrogens is 3. The van der Waals surface area contributed by atoms with Gasteiger partial charge in [0.15, 0.2) is 5.03 Å². The van der Waals surface area contributed by atoms with Crippen molar-refractivity contribution in [3.8, 4) is 0 Å². The average Bonchev–Trinajstić information content (AvgIpc) is 2.92. The summed E-state index contributed by atoms with van der Waals surface area (Å²) in [6.45, 7) is 1.13. The molecule has 102 valence electrons. The normalized spacial score (nSPS) is 11.6. The summed E-state index contributed by atoms with van der Waals surface area (Å²) in [4.78, 5) is 7.76. The summed E-state index contributed by atoms with van der Waals surface area (Å²) in [5.41, 5.74) is 6.22. The number of pyridine rings is 1. The average molecular weight is 281 g/mol. The zero-order valence-electron chi connectivity index (χ0n) is 10.2. The Hall–Kier alpha value is -1.77. The fourth-order valence-electron chi connectivity index (χ4n) is 1.49. The van der Waals surface area contributed by atoms with Gasteiger partial charge in [0.05, 0.1) is 6.33 Å². The summed E-state index contributed by atoms with van der Waals surface area (Å²) in [6.07, 6.45) is 6.50. The Balaban J connectivity index is 1.97. The minimum Gasteiger partial charge on any atom is -0.336 e. The smallest absolute Gasteiger partial charge is 0.258 e. The molecule has 0 aromatic carbocycles. The van der Waals surface area contributed by atoms with Gasteiger partial charge in [-0.05, 0) is 11.6 Å². The van der Waals surface area contributed by atoms with E-state index < -0.39 is 10.0 Å². The summed E-state index contributed by atoms with van der Waals surface area (Å²) in [5.74, 6) is 0. The van der Waals surface area contributed by atoms with Gasteiger partial charge in [0, 0.05) is 38.2 Å². The topological polar surface area (TPSA) is 103 Å². The molecule has 0 radical (unpaired) electrons. The third-order valence-electron chi connectivity index (χ3n) is 2.53. The van der Waals surface area contributed by atoms with E-state index in [1.54, 1.807) is 29.4 Å². The van der Waals surface area contributed by atoms with Crippen molar-refractivity contribution < 1.29 is 8.42 Å². The SMILES string of the molecule is NCc1ccc(S(=O)(=O)NCCn2ccnc2)nc1. The molecule has 19 heavy (non-hydrogen) atoms. The summed E-state index contributed by atoms with van der Waals surface area (Å²) in [6, 6.07) is 3.10. The van der Waals surface area contributed by atoms with E-state index in [9.17, 15) is 8.42 Å². The van der Waals surface area contributed by atoms with Crippen LogP contribution in [0.15, 0.2) is 42.1 Å². The van der Waals surface area contributed by atoms with Crippen LogP contribution in [0.2, 0.25) is 0 Å². The van der Waals surface area contributed by atoms with Gasteiger partial charge in [-0.2, -0.15) is 0 Å². The van der Waals surface area contributed by atoms with Gasteiger partial charge < -0.3 is 10.3 Å². The Labute approximate surface area is 111 Å². The van der Waals surface area contributed by atoms with Crippen molar-refractivity contribution in [2.45, 2.75) is 18.1 Å². The Morgan fingerprint density at radius 3 is 2.79 bits per heavy atom. The van der Waals surface area contributed by atoms with E-state index in [-0.39, 0.29) is 11.6 Å². The van der Waals surface area contributed by atoms with E-state index in [1.165, 1.54) is 12.3 Å². The van der Waals surface area contributed by atoms with Gasteiger partial charge in [0.2, 0.25) is 0 Å². The second kappa shape index (κ2) is 5.91. The molecular formula is C11H15N5O2S. The van der Waals surface area contributed by atoms with Crippen LogP contribution in [-0.4, -0.2) is 29.5 Å².